The lowest BCUT2D eigenvalue weighted by atomic mass is 9.82. The van der Waals surface area contributed by atoms with E-state index in [9.17, 15) is 129 Å². The number of nitro benzene ring substituents is 3. The van der Waals surface area contributed by atoms with E-state index in [4.69, 9.17) is 0 Å². The van der Waals surface area contributed by atoms with Crippen LogP contribution in [-0.4, -0.2) is 172 Å². The minimum absolute atomic E-state index is 0.0917. The van der Waals surface area contributed by atoms with Gasteiger partial charge in [-0.25, -0.2) is 42.5 Å². The predicted octanol–water partition coefficient (Wildman–Crippen LogP) is 11.5. The van der Waals surface area contributed by atoms with Gasteiger partial charge in [0.15, 0.2) is 4.90 Å². The Bertz CT molecular complexity index is 7950. The third-order valence-electron chi connectivity index (χ3n) is 24.0. The Kier molecular flexibility index (Phi) is 26.8. The van der Waals surface area contributed by atoms with Gasteiger partial charge in [0.25, 0.3) is 67.2 Å². The molecule has 0 spiro atoms. The summed E-state index contributed by atoms with van der Waals surface area (Å²) in [4.78, 5) is 152. The van der Waals surface area contributed by atoms with Crippen molar-refractivity contribution in [3.8, 4) is 0 Å². The quantitative estimate of drug-likeness (QED) is 0.0437. The maximum atomic E-state index is 14.2. The number of sulfonamides is 5. The third kappa shape index (κ3) is 18.5. The maximum absolute atomic E-state index is 14.2. The molecule has 10 aliphatic rings. The number of Topliss-reactive ketones (excluding diaryl/α,β-unsaturated/α-hetero) is 5. The highest BCUT2D eigenvalue weighted by molar-refractivity contribution is 7.90. The van der Waals surface area contributed by atoms with Crippen LogP contribution in [0.4, 0.5) is 25.8 Å². The highest BCUT2D eigenvalue weighted by Gasteiger charge is 2.55. The number of hydrazone groups is 1. The Labute approximate surface area is 800 Å². The molecule has 0 saturated carbocycles. The van der Waals surface area contributed by atoms with Gasteiger partial charge in [-0.05, 0) is 141 Å². The van der Waals surface area contributed by atoms with Crippen LogP contribution in [-0.2, 0) is 98.1 Å². The van der Waals surface area contributed by atoms with Crippen molar-refractivity contribution in [2.24, 2.45) is 34.7 Å². The molecular formula is C99H69F2N9O26S5. The van der Waals surface area contributed by atoms with Crippen LogP contribution in [0.15, 0.2) is 388 Å². The summed E-state index contributed by atoms with van der Waals surface area (Å²) in [5.74, 6) is -13.2. The molecule has 5 heterocycles. The van der Waals surface area contributed by atoms with Crippen LogP contribution in [0.1, 0.15) is 27.8 Å². The van der Waals surface area contributed by atoms with Crippen LogP contribution in [0.2, 0.25) is 0 Å². The summed E-state index contributed by atoms with van der Waals surface area (Å²) in [7, 11) is -21.1. The Morgan fingerprint density at radius 3 is 0.950 bits per heavy atom. The van der Waals surface area contributed by atoms with Gasteiger partial charge in [0.2, 0.25) is 57.8 Å². The van der Waals surface area contributed by atoms with Crippen LogP contribution < -0.4 is 0 Å². The largest absolute Gasteiger partial charge is 0.290 e. The van der Waals surface area contributed by atoms with E-state index in [2.05, 4.69) is 5.10 Å². The van der Waals surface area contributed by atoms with E-state index >= 15 is 0 Å². The average molecular weight is 2000 g/mol. The van der Waals surface area contributed by atoms with E-state index in [1.807, 2.05) is 0 Å². The molecule has 710 valence electrons. The zero-order valence-corrected chi connectivity index (χ0v) is 76.4. The number of nitrogens with zero attached hydrogens (tertiary/aromatic N) is 9. The molecule has 0 radical (unpaired) electrons. The number of allylic oxidation sites excluding steroid dienone is 5. The Hall–Kier alpha value is -17.0. The molecule has 0 N–H and O–H groups in total. The Morgan fingerprint density at radius 2 is 0.582 bits per heavy atom. The lowest BCUT2D eigenvalue weighted by molar-refractivity contribution is -0.387. The van der Waals surface area contributed by atoms with Gasteiger partial charge in [-0.3, -0.25) is 95.5 Å². The van der Waals surface area contributed by atoms with E-state index in [1.165, 1.54) is 116 Å². The number of carbonyl (C=O) groups is 10. The molecule has 0 bridgehead atoms. The third-order valence-corrected chi connectivity index (χ3v) is 32.8. The van der Waals surface area contributed by atoms with Gasteiger partial charge in [-0.2, -0.15) is 17.9 Å². The summed E-state index contributed by atoms with van der Waals surface area (Å²) >= 11 is 0. The zero-order chi connectivity index (χ0) is 101. The number of hydrogen-bond donors (Lipinski definition) is 0. The minimum atomic E-state index is -4.37. The molecule has 42 heteroatoms. The monoisotopic (exact) mass is 2000 g/mol. The summed E-state index contributed by atoms with van der Waals surface area (Å²) in [6.07, 6.45) is 17.6. The van der Waals surface area contributed by atoms with Crippen molar-refractivity contribution in [3.05, 3.63) is 428 Å². The van der Waals surface area contributed by atoms with E-state index in [1.54, 1.807) is 152 Å². The molecule has 35 nitrogen and oxygen atoms in total. The van der Waals surface area contributed by atoms with Gasteiger partial charge >= 0.3 is 0 Å². The number of carbonyl (C=O) groups excluding carboxylic acids is 10. The second-order valence-corrected chi connectivity index (χ2v) is 41.3. The van der Waals surface area contributed by atoms with Crippen LogP contribution in [0.25, 0.3) is 22.3 Å². The average Bonchev–Trinajstić information content (AvgIpc) is 1.54. The van der Waals surface area contributed by atoms with Crippen LogP contribution >= 0.6 is 0 Å². The first-order valence-electron chi connectivity index (χ1n) is 42.2. The molecular weight excluding hydrogens is 1930 g/mol. The number of hydrogen-bond acceptors (Lipinski definition) is 27. The second kappa shape index (κ2) is 38.9. The normalized spacial score (nSPS) is 21.4. The Balaban J connectivity index is 0.000000127. The van der Waals surface area contributed by atoms with Crippen molar-refractivity contribution in [2.75, 3.05) is 0 Å². The van der Waals surface area contributed by atoms with E-state index in [0.717, 1.165) is 113 Å². The number of rotatable bonds is 18. The fourth-order valence-electron chi connectivity index (χ4n) is 17.3. The van der Waals surface area contributed by atoms with Gasteiger partial charge < -0.3 is 0 Å². The predicted molar refractivity (Wildman–Crippen MR) is 500 cm³/mol. The molecule has 10 atom stereocenters. The number of fused-ring (bicyclic) bond motifs is 5. The van der Waals surface area contributed by atoms with Gasteiger partial charge in [0.1, 0.15) is 16.5 Å². The molecule has 5 aliphatic heterocycles. The van der Waals surface area contributed by atoms with Crippen molar-refractivity contribution in [3.63, 3.8) is 0 Å². The van der Waals surface area contributed by atoms with Crippen LogP contribution in [0, 0.1) is 71.6 Å². The molecule has 10 aromatic carbocycles. The number of para-hydroxylation sites is 1. The fourth-order valence-corrected chi connectivity index (χ4v) is 24.9. The number of non-ortho nitro benzene ring substituents is 2. The van der Waals surface area contributed by atoms with Gasteiger partial charge in [-0.15, -0.1) is 0 Å². The first-order valence-corrected chi connectivity index (χ1v) is 49.4. The SMILES string of the molecule is O=C1C=CC2C(C1=O)C(c1ccccc1)=CN2S(=O)(=O)c1ccc(F)cc1.O=C1C=CC2C(C1=O)C(c1ccccc1)=CN2S(=O)(=O)c1cccc([N+](=O)[O-])c1.O=C1C=CC2C(C1=O)C(c1ccccc1)=CN2S(=O)(=O)c1ccccc1F.O=C1C=CC2C(C1=O)C(c1ccccc1)=CN2S(=O)(=O)c1ccccc1[N+](=O)[O-].O=C1C=CC2C(C1=O)C(c1ccccc1)=NN2S(=O)(=O)c1ccc([N+](=O)[O-])cc1. The molecule has 0 saturated heterocycles. The van der Waals surface area contributed by atoms with Crippen molar-refractivity contribution in [2.45, 2.75) is 54.7 Å². The first-order chi connectivity index (χ1) is 67.2. The molecule has 0 fully saturated rings. The molecule has 10 unspecified atom stereocenters. The molecule has 141 heavy (non-hydrogen) atoms. The van der Waals surface area contributed by atoms with Gasteiger partial charge in [-0.1, -0.05) is 212 Å². The van der Waals surface area contributed by atoms with Gasteiger partial charge in [0.05, 0.1) is 95.0 Å². The number of benzene rings is 10. The zero-order valence-electron chi connectivity index (χ0n) is 72.3. The van der Waals surface area contributed by atoms with Gasteiger partial charge in [0, 0.05) is 55.1 Å². The van der Waals surface area contributed by atoms with E-state index in [0.29, 0.717) is 50.1 Å². The summed E-state index contributed by atoms with van der Waals surface area (Å²) in [6.45, 7) is 0. The van der Waals surface area contributed by atoms with Crippen molar-refractivity contribution < 1.29 is 114 Å². The summed E-state index contributed by atoms with van der Waals surface area (Å²) in [6, 6.07) is 62.5. The van der Waals surface area contributed by atoms with Crippen molar-refractivity contribution >= 4 is 153 Å². The highest BCUT2D eigenvalue weighted by Crippen LogP contribution is 2.48. The van der Waals surface area contributed by atoms with Crippen LogP contribution in [0.3, 0.4) is 0 Å². The standard InChI is InChI=1S/2C20H14FNO4S.2C20H14N2O6S.C19H13N3O6S/c21-15-8-4-5-9-18(15)27(25,26)22-12-14(13-6-2-1-3-7-13)19-16(22)10-11-17(23)20(19)24;21-14-6-8-15(9-7-14)27(25,26)22-12-16(13-4-2-1-3-5-13)19-17(22)10-11-18(23)20(19)24;23-17-11-10-16-19(20(17)24)14(13-6-2-1-3-7-13)12-21(16)29(27,28)18-9-5-4-8-15(18)22(25)26;23-18-10-9-17-19(20(18)24)16(13-5-2-1-3-6-13)12-21(17)29(27,28)15-8-4-7-14(11-15)22(25)26;23-16-11-10-15-17(19(16)24)18(12-4-2-1-3-5-12)20-21(15)29(27,28)14-8-6-13(7-9-14)22(25)26/h1-12,16,19H;1-12,17,19H;1-12,16,19H;1-12,17,19H;1-11,15,17H. The summed E-state index contributed by atoms with van der Waals surface area (Å²) < 4.78 is 164. The van der Waals surface area contributed by atoms with E-state index < -0.39 is 210 Å². The maximum Gasteiger partial charge on any atom is 0.289 e. The minimum Gasteiger partial charge on any atom is -0.290 e. The number of ketones is 10. The number of halogens is 2. The fraction of sp³-hybridized carbons (Fsp3) is 0.101. The van der Waals surface area contributed by atoms with Crippen LogP contribution in [0.5, 0.6) is 0 Å². The Morgan fingerprint density at radius 1 is 0.277 bits per heavy atom. The van der Waals surface area contributed by atoms with Crippen molar-refractivity contribution in [1.29, 1.82) is 0 Å². The topological polar surface area (TPSA) is 499 Å². The lowest BCUT2D eigenvalue weighted by Crippen LogP contribution is -2.44. The van der Waals surface area contributed by atoms with E-state index in [-0.39, 0.29) is 31.8 Å². The van der Waals surface area contributed by atoms with Crippen molar-refractivity contribution in [1.82, 2.24) is 21.6 Å². The molecule has 20 rings (SSSR count). The molecule has 0 aromatic heterocycles. The smallest absolute Gasteiger partial charge is 0.289 e. The lowest BCUT2D eigenvalue weighted by Gasteiger charge is -2.28. The second-order valence-electron chi connectivity index (χ2n) is 32.2. The summed E-state index contributed by atoms with van der Waals surface area (Å²) in [5.41, 5.74) is 3.72. The molecule has 10 aromatic rings. The first kappa shape index (κ1) is 97.1. The molecule has 0 amide bonds. The highest BCUT2D eigenvalue weighted by atomic mass is 32.2. The molecule has 5 aliphatic carbocycles. The number of nitro groups is 3. The summed E-state index contributed by atoms with van der Waals surface area (Å²) in [5, 5.41) is 37.4.